The minimum absolute atomic E-state index is 0.0752. The summed E-state index contributed by atoms with van der Waals surface area (Å²) in [5.41, 5.74) is 19.8. The molecule has 2 heteroatoms. The zero-order valence-electron chi connectivity index (χ0n) is 62.5. The Hall–Kier alpha value is -8.33. The minimum Gasteiger partial charge on any atom is -0.345 e. The molecule has 494 valence electrons. The van der Waals surface area contributed by atoms with Gasteiger partial charge in [0.2, 0.25) is 0 Å². The molecule has 0 aromatic heterocycles. The van der Waals surface area contributed by atoms with E-state index in [0.29, 0.717) is 0 Å². The molecule has 0 unspecified atom stereocenters. The molecule has 10 rings (SSSR count). The van der Waals surface area contributed by atoms with Gasteiger partial charge in [-0.3, -0.25) is 4.79 Å². The molecule has 0 saturated carbocycles. The number of carbonyl (C=O) groups excluding carboxylic acids is 1. The van der Waals surface area contributed by atoms with E-state index in [-0.39, 0.29) is 5.78 Å². The zero-order chi connectivity index (χ0) is 70.2. The number of anilines is 2. The van der Waals surface area contributed by atoms with Gasteiger partial charge in [0.15, 0.2) is 5.78 Å². The Kier molecular flexibility index (Phi) is 64.9. The lowest BCUT2D eigenvalue weighted by molar-refractivity contribution is 0.103. The Labute approximate surface area is 562 Å². The van der Waals surface area contributed by atoms with Gasteiger partial charge in [-0.1, -0.05) is 415 Å². The fourth-order valence-electron chi connectivity index (χ4n) is 8.16. The first kappa shape index (κ1) is 91.4. The van der Waals surface area contributed by atoms with Crippen molar-refractivity contribution in [3.8, 4) is 22.3 Å². The molecule has 0 spiro atoms. The number of benzene rings is 10. The predicted octanol–water partition coefficient (Wildman–Crippen LogP) is 28.5. The van der Waals surface area contributed by atoms with E-state index >= 15 is 0 Å². The summed E-state index contributed by atoms with van der Waals surface area (Å²) in [6, 6.07) is 91.0. The second kappa shape index (κ2) is 64.6. The molecule has 0 aliphatic heterocycles. The number of hydrogen-bond acceptors (Lipinski definition) is 2. The van der Waals surface area contributed by atoms with E-state index in [1.54, 1.807) is 0 Å². The lowest BCUT2D eigenvalue weighted by atomic mass is 9.98. The molecule has 2 nitrogen and oxygen atoms in total. The van der Waals surface area contributed by atoms with Crippen LogP contribution in [0.1, 0.15) is 199 Å². The van der Waals surface area contributed by atoms with Crippen LogP contribution in [0.3, 0.4) is 0 Å². The van der Waals surface area contributed by atoms with Crippen molar-refractivity contribution < 1.29 is 4.79 Å². The highest BCUT2D eigenvalue weighted by Gasteiger charge is 2.07. The van der Waals surface area contributed by atoms with Gasteiger partial charge in [0.1, 0.15) is 0 Å². The van der Waals surface area contributed by atoms with Crippen LogP contribution in [-0.4, -0.2) is 12.8 Å². The summed E-state index contributed by atoms with van der Waals surface area (Å²) < 4.78 is 0. The quantitative estimate of drug-likeness (QED) is 0.141. The van der Waals surface area contributed by atoms with Crippen LogP contribution >= 0.6 is 0 Å². The second-order valence-corrected chi connectivity index (χ2v) is 17.9. The molecule has 0 heterocycles. The summed E-state index contributed by atoms with van der Waals surface area (Å²) in [6.45, 7) is 52.9. The maximum atomic E-state index is 11.8. The summed E-state index contributed by atoms with van der Waals surface area (Å²) in [7, 11) is 2.07. The smallest absolute Gasteiger partial charge is 0.193 e. The van der Waals surface area contributed by atoms with Gasteiger partial charge in [-0.15, -0.1) is 0 Å². The van der Waals surface area contributed by atoms with E-state index in [4.69, 9.17) is 0 Å². The molecule has 0 fully saturated rings. The molecule has 0 amide bonds. The maximum absolute atomic E-state index is 11.8. The Morgan fingerprint density at radius 3 is 0.703 bits per heavy atom. The van der Waals surface area contributed by atoms with Crippen molar-refractivity contribution in [3.05, 3.63) is 323 Å². The summed E-state index contributed by atoms with van der Waals surface area (Å²) >= 11 is 0. The first-order chi connectivity index (χ1) is 44.5. The van der Waals surface area contributed by atoms with Gasteiger partial charge in [-0.25, -0.2) is 0 Å². The molecule has 0 aliphatic carbocycles. The van der Waals surface area contributed by atoms with Gasteiger partial charge < -0.3 is 4.90 Å². The number of ketones is 1. The van der Waals surface area contributed by atoms with Crippen LogP contribution in [0.4, 0.5) is 11.4 Å². The van der Waals surface area contributed by atoms with E-state index in [9.17, 15) is 4.79 Å². The minimum atomic E-state index is 0.0752. The number of nitrogens with zero attached hydrogens (tertiary/aromatic N) is 1. The van der Waals surface area contributed by atoms with Crippen molar-refractivity contribution in [1.29, 1.82) is 0 Å². The van der Waals surface area contributed by atoms with Gasteiger partial charge in [0.25, 0.3) is 0 Å². The van der Waals surface area contributed by atoms with E-state index in [1.165, 1.54) is 78.1 Å². The molecule has 91 heavy (non-hydrogen) atoms. The summed E-state index contributed by atoms with van der Waals surface area (Å²) in [5.74, 6) is 0.0752. The highest BCUT2D eigenvalue weighted by atomic mass is 16.1. The van der Waals surface area contributed by atoms with Gasteiger partial charge in [-0.2, -0.15) is 0 Å². The van der Waals surface area contributed by atoms with Crippen molar-refractivity contribution in [2.45, 2.75) is 186 Å². The lowest BCUT2D eigenvalue weighted by Gasteiger charge is -2.18. The van der Waals surface area contributed by atoms with Crippen LogP contribution in [0.25, 0.3) is 22.3 Å². The average Bonchev–Trinajstić information content (AvgIpc) is 2.06. The largest absolute Gasteiger partial charge is 0.345 e. The van der Waals surface area contributed by atoms with E-state index in [0.717, 1.165) is 17.5 Å². The molecule has 0 saturated heterocycles. The second-order valence-electron chi connectivity index (χ2n) is 17.9. The monoisotopic (exact) mass is 1230 g/mol. The maximum Gasteiger partial charge on any atom is 0.193 e. The number of rotatable bonds is 8. The Morgan fingerprint density at radius 2 is 0.462 bits per heavy atom. The molecule has 0 radical (unpaired) electrons. The third kappa shape index (κ3) is 41.6. The normalized spacial score (nSPS) is 8.47. The first-order valence-electron chi connectivity index (χ1n) is 34.4. The Morgan fingerprint density at radius 1 is 0.242 bits per heavy atom. The fraction of sp³-hybridized carbons (Fsp3) is 0.315. The van der Waals surface area contributed by atoms with E-state index in [1.807, 2.05) is 211 Å². The Balaban J connectivity index is -0.000000316. The van der Waals surface area contributed by atoms with Crippen LogP contribution in [0.15, 0.2) is 267 Å². The lowest BCUT2D eigenvalue weighted by Crippen LogP contribution is -2.08. The summed E-state index contributed by atoms with van der Waals surface area (Å²) in [4.78, 5) is 14.0. The van der Waals surface area contributed by atoms with Crippen molar-refractivity contribution in [2.24, 2.45) is 0 Å². The molecular formula is C89H127NO. The number of aryl methyl sites for hydroxylation is 6. The first-order valence-corrected chi connectivity index (χ1v) is 34.4. The van der Waals surface area contributed by atoms with E-state index < -0.39 is 0 Å². The van der Waals surface area contributed by atoms with Crippen LogP contribution in [0, 0.1) is 41.5 Å². The van der Waals surface area contributed by atoms with Crippen LogP contribution < -0.4 is 4.90 Å². The predicted molar refractivity (Wildman–Crippen MR) is 419 cm³/mol. The van der Waals surface area contributed by atoms with Crippen LogP contribution in [-0.2, 0) is 6.42 Å². The van der Waals surface area contributed by atoms with Gasteiger partial charge in [0.05, 0.1) is 0 Å². The van der Waals surface area contributed by atoms with Crippen molar-refractivity contribution in [1.82, 2.24) is 0 Å². The van der Waals surface area contributed by atoms with Crippen LogP contribution in [0.5, 0.6) is 0 Å². The Bertz CT molecular complexity index is 2860. The molecule has 0 aliphatic rings. The fourth-order valence-corrected chi connectivity index (χ4v) is 8.16. The number of carbonyl (C=O) groups is 1. The van der Waals surface area contributed by atoms with Crippen LogP contribution in [0.2, 0.25) is 0 Å². The third-order valence-electron chi connectivity index (χ3n) is 11.6. The highest BCUT2D eigenvalue weighted by Crippen LogP contribution is 2.25. The van der Waals surface area contributed by atoms with E-state index in [2.05, 4.69) is 248 Å². The molecule has 0 bridgehead atoms. The molecular weight excluding hydrogens is 1100 g/mol. The van der Waals surface area contributed by atoms with Crippen molar-refractivity contribution in [2.75, 3.05) is 11.9 Å². The van der Waals surface area contributed by atoms with Gasteiger partial charge in [0, 0.05) is 29.5 Å². The molecule has 10 aromatic carbocycles. The van der Waals surface area contributed by atoms with Gasteiger partial charge >= 0.3 is 0 Å². The summed E-state index contributed by atoms with van der Waals surface area (Å²) in [6.07, 6.45) is 1.03. The molecule has 10 aromatic rings. The topological polar surface area (TPSA) is 20.3 Å². The van der Waals surface area contributed by atoms with Gasteiger partial charge in [-0.05, 0) is 106 Å². The molecule has 0 N–H and O–H groups in total. The zero-order valence-corrected chi connectivity index (χ0v) is 62.5. The molecule has 0 atom stereocenters. The third-order valence-corrected chi connectivity index (χ3v) is 11.6. The van der Waals surface area contributed by atoms with Crippen molar-refractivity contribution >= 4 is 17.2 Å². The van der Waals surface area contributed by atoms with Crippen molar-refractivity contribution in [3.63, 3.8) is 0 Å². The number of hydrogen-bond donors (Lipinski definition) is 0. The standard InChI is InChI=1S/C16H18.C14H14.C13H13N.C13H10O.C13H12.10C2H6/c1-11-5-12(2)8-15(7-11)16-9-13(3)6-14(4)10-16;1-11-5-3-7-13(9-11)14-8-4-6-12(2)10-14;1-14(12-8-4-2-5-9-12)13-10-6-3-7-11-13;14-13(11-7-3-1-4-8-11)12-9-5-2-6-10-12;1-3-7-12(8-4-1)11-13-9-5-2-6-10-13;10*1-2/h5-10H,1-4H3;3-10H,1-2H3;2-11H,1H3;1-10H;1-10H,11H2;10*1-2H3. The summed E-state index contributed by atoms with van der Waals surface area (Å²) in [5, 5.41) is 0. The number of para-hydroxylation sites is 2. The SMILES string of the molecule is CC.CC.CC.CC.CC.CC.CC.CC.CC.CC.CN(c1ccccc1)c1ccccc1.Cc1cc(C)cc(-c2cc(C)cc(C)c2)c1.Cc1cccc(-c2cccc(C)c2)c1.O=C(c1ccccc1)c1ccccc1.c1ccc(Cc2ccccc2)cc1. The average molecular weight is 1230 g/mol. The highest BCUT2D eigenvalue weighted by molar-refractivity contribution is 6.08.